The zero-order valence-electron chi connectivity index (χ0n) is 21.8. The molecule has 0 aliphatic carbocycles. The largest absolute Gasteiger partial charge is 0.546 e. The molecule has 190 valence electrons. The zero-order chi connectivity index (χ0) is 25.5. The van der Waals surface area contributed by atoms with E-state index in [4.69, 9.17) is 4.74 Å². The molecule has 3 amide bonds. The van der Waals surface area contributed by atoms with Crippen LogP contribution in [0.5, 0.6) is 0 Å². The second kappa shape index (κ2) is 12.2. The number of carbonyl (C=O) groups is 3. The number of hydrogen-bond acceptors (Lipinski definition) is 5. The summed E-state index contributed by atoms with van der Waals surface area (Å²) in [6.45, 7) is 9.85. The maximum Gasteiger partial charge on any atom is 0.546 e. The molecule has 0 radical (unpaired) electrons. The summed E-state index contributed by atoms with van der Waals surface area (Å²) >= 11 is 0. The number of likely N-dealkylation sites (tertiary alicyclic amines) is 1. The third kappa shape index (κ3) is 9.19. The van der Waals surface area contributed by atoms with Crippen molar-refractivity contribution >= 4 is 23.8 Å². The van der Waals surface area contributed by atoms with E-state index in [1.807, 2.05) is 32.8 Å². The number of rotatable bonds is 8. The lowest BCUT2D eigenvalue weighted by atomic mass is 9.98. The first-order valence-electron chi connectivity index (χ1n) is 11.6. The van der Waals surface area contributed by atoms with Crippen LogP contribution in [0.15, 0.2) is 0 Å². The second-order valence-corrected chi connectivity index (χ2v) is 10.5. The van der Waals surface area contributed by atoms with Gasteiger partial charge >= 0.3 is 6.08 Å². The number of hydrogen-bond donors (Lipinski definition) is 3. The van der Waals surface area contributed by atoms with Gasteiger partial charge in [0.05, 0.1) is 6.54 Å². The average molecular weight is 471 g/mol. The molecule has 1 rings (SSSR count). The molecule has 10 heteroatoms. The summed E-state index contributed by atoms with van der Waals surface area (Å²) in [7, 11) is 6.95. The number of nitrogens with zero attached hydrogens (tertiary/aromatic N) is 3. The van der Waals surface area contributed by atoms with Gasteiger partial charge in [-0.05, 0) is 60.0 Å². The van der Waals surface area contributed by atoms with Gasteiger partial charge in [-0.25, -0.2) is 0 Å². The highest BCUT2D eigenvalue weighted by Gasteiger charge is 2.40. The molecule has 1 heterocycles. The number of aliphatic hydroxyl groups excluding tert-OH is 1. The SMILES string of the molecule is CC(C)[C@H](NC(=O)[C@@H]1CCCCN1C(=O)[C@H](CN(C)C)[NH+]=C(O)OC(C)(C)C)C(=O)N(C)C. The number of amides is 3. The Bertz CT molecular complexity index is 715. The van der Waals surface area contributed by atoms with Crippen LogP contribution in [0.25, 0.3) is 0 Å². The van der Waals surface area contributed by atoms with Crippen molar-refractivity contribution in [3.63, 3.8) is 0 Å². The van der Waals surface area contributed by atoms with Gasteiger partial charge in [-0.3, -0.25) is 14.4 Å². The molecule has 1 saturated heterocycles. The van der Waals surface area contributed by atoms with Crippen LogP contribution in [0.3, 0.4) is 0 Å². The highest BCUT2D eigenvalue weighted by molar-refractivity contribution is 5.93. The van der Waals surface area contributed by atoms with Crippen LogP contribution in [0.1, 0.15) is 53.9 Å². The molecule has 33 heavy (non-hydrogen) atoms. The number of ether oxygens (including phenoxy) is 1. The van der Waals surface area contributed by atoms with E-state index in [2.05, 4.69) is 10.3 Å². The Kier molecular flexibility index (Phi) is 10.6. The van der Waals surface area contributed by atoms with Gasteiger partial charge in [0.15, 0.2) is 0 Å². The summed E-state index contributed by atoms with van der Waals surface area (Å²) in [5.41, 5.74) is -0.638. The van der Waals surface area contributed by atoms with Crippen LogP contribution in [0.2, 0.25) is 0 Å². The topological polar surface area (TPSA) is 116 Å². The molecule has 0 spiro atoms. The molecule has 3 N–H and O–H groups in total. The highest BCUT2D eigenvalue weighted by Crippen LogP contribution is 2.19. The van der Waals surface area contributed by atoms with Crippen LogP contribution >= 0.6 is 0 Å². The molecule has 1 fully saturated rings. The summed E-state index contributed by atoms with van der Waals surface area (Å²) in [6, 6.07) is -2.15. The lowest BCUT2D eigenvalue weighted by Gasteiger charge is -2.36. The molecule has 0 bridgehead atoms. The fourth-order valence-electron chi connectivity index (χ4n) is 3.73. The number of likely N-dealkylation sites (N-methyl/N-ethyl adjacent to an activating group) is 2. The molecule has 0 saturated carbocycles. The quantitative estimate of drug-likeness (QED) is 0.320. The average Bonchev–Trinajstić information content (AvgIpc) is 2.68. The van der Waals surface area contributed by atoms with E-state index in [1.165, 1.54) is 4.90 Å². The Labute approximate surface area is 198 Å². The third-order valence-electron chi connectivity index (χ3n) is 5.31. The van der Waals surface area contributed by atoms with Gasteiger partial charge in [0.2, 0.25) is 17.9 Å². The van der Waals surface area contributed by atoms with E-state index >= 15 is 0 Å². The molecule has 0 aromatic heterocycles. The summed E-state index contributed by atoms with van der Waals surface area (Å²) in [5.74, 6) is -0.911. The maximum atomic E-state index is 13.5. The predicted octanol–water partition coefficient (Wildman–Crippen LogP) is -0.664. The monoisotopic (exact) mass is 470 g/mol. The molecule has 1 aliphatic rings. The second-order valence-electron chi connectivity index (χ2n) is 10.5. The van der Waals surface area contributed by atoms with Gasteiger partial charge in [0.1, 0.15) is 17.7 Å². The first-order valence-corrected chi connectivity index (χ1v) is 11.6. The minimum atomic E-state index is -0.806. The van der Waals surface area contributed by atoms with Crippen molar-refractivity contribution < 1.29 is 29.2 Å². The lowest BCUT2D eigenvalue weighted by Crippen LogP contribution is -2.86. The first-order chi connectivity index (χ1) is 15.1. The fraction of sp³-hybridized carbons (Fsp3) is 0.826. The summed E-state index contributed by atoms with van der Waals surface area (Å²) in [4.78, 5) is 46.9. The summed E-state index contributed by atoms with van der Waals surface area (Å²) in [6.07, 6.45) is 1.67. The van der Waals surface area contributed by atoms with Gasteiger partial charge < -0.3 is 29.9 Å². The maximum absolute atomic E-state index is 13.5. The highest BCUT2D eigenvalue weighted by atomic mass is 16.6. The van der Waals surface area contributed by atoms with E-state index in [0.717, 1.165) is 12.8 Å². The minimum Gasteiger partial charge on any atom is -0.430 e. The van der Waals surface area contributed by atoms with Gasteiger partial charge in [-0.15, -0.1) is 0 Å². The third-order valence-corrected chi connectivity index (χ3v) is 5.31. The van der Waals surface area contributed by atoms with Gasteiger partial charge in [0.25, 0.3) is 5.91 Å². The number of piperidine rings is 1. The van der Waals surface area contributed by atoms with Crippen molar-refractivity contribution in [1.29, 1.82) is 0 Å². The van der Waals surface area contributed by atoms with Crippen molar-refractivity contribution in [1.82, 2.24) is 20.0 Å². The van der Waals surface area contributed by atoms with E-state index in [0.29, 0.717) is 19.5 Å². The van der Waals surface area contributed by atoms with Crippen molar-refractivity contribution in [2.24, 2.45) is 5.92 Å². The molecular formula is C23H44N5O5+. The molecular weight excluding hydrogens is 426 g/mol. The standard InChI is InChI=1S/C23H43N5O5/c1-15(2)18(21(31)27(8)9)25-19(29)17-12-10-11-13-28(17)20(30)16(14-26(6)7)24-22(32)33-23(3,4)5/h15-18H,10-14H2,1-9H3,(H,24,32)(H,25,29)/p+1/t16-,17-,18-/m0/s1. The lowest BCUT2D eigenvalue weighted by molar-refractivity contribution is -0.510. The molecule has 0 aromatic rings. The van der Waals surface area contributed by atoms with E-state index in [9.17, 15) is 19.5 Å². The van der Waals surface area contributed by atoms with Crippen LogP contribution in [-0.2, 0) is 19.1 Å². The Morgan fingerprint density at radius 3 is 2.24 bits per heavy atom. The summed E-state index contributed by atoms with van der Waals surface area (Å²) < 4.78 is 5.44. The van der Waals surface area contributed by atoms with Crippen LogP contribution in [-0.4, -0.2) is 109 Å². The van der Waals surface area contributed by atoms with Crippen molar-refractivity contribution in [3.8, 4) is 0 Å². The van der Waals surface area contributed by atoms with E-state index in [1.54, 1.807) is 39.8 Å². The predicted molar refractivity (Wildman–Crippen MR) is 127 cm³/mol. The molecule has 0 unspecified atom stereocenters. The Morgan fingerprint density at radius 2 is 1.76 bits per heavy atom. The Morgan fingerprint density at radius 1 is 1.15 bits per heavy atom. The van der Waals surface area contributed by atoms with E-state index in [-0.39, 0.29) is 23.6 Å². The number of nitrogens with one attached hydrogen (secondary N) is 2. The number of carbonyl (C=O) groups excluding carboxylic acids is 3. The number of aliphatic hydroxyl groups is 1. The van der Waals surface area contributed by atoms with Crippen LogP contribution in [0.4, 0.5) is 0 Å². The first kappa shape index (κ1) is 28.7. The van der Waals surface area contributed by atoms with Crippen LogP contribution < -0.4 is 10.3 Å². The molecule has 1 aliphatic heterocycles. The molecule has 3 atom stereocenters. The normalized spacial score (nSPS) is 19.3. The Balaban J connectivity index is 3.14. The smallest absolute Gasteiger partial charge is 0.430 e. The van der Waals surface area contributed by atoms with Gasteiger partial charge in [-0.1, -0.05) is 13.8 Å². The van der Waals surface area contributed by atoms with Crippen molar-refractivity contribution in [2.75, 3.05) is 41.3 Å². The van der Waals surface area contributed by atoms with Gasteiger partial charge in [-0.2, -0.15) is 4.99 Å². The minimum absolute atomic E-state index is 0.0964. The molecule has 10 nitrogen and oxygen atoms in total. The van der Waals surface area contributed by atoms with Crippen molar-refractivity contribution in [3.05, 3.63) is 0 Å². The van der Waals surface area contributed by atoms with Crippen molar-refractivity contribution in [2.45, 2.75) is 77.6 Å². The fourth-order valence-corrected chi connectivity index (χ4v) is 3.73. The van der Waals surface area contributed by atoms with Crippen LogP contribution in [0, 0.1) is 5.92 Å². The Hall–Kier alpha value is -2.36. The zero-order valence-corrected chi connectivity index (χ0v) is 21.8. The molecule has 0 aromatic carbocycles. The van der Waals surface area contributed by atoms with Gasteiger partial charge in [0, 0.05) is 20.6 Å². The summed E-state index contributed by atoms with van der Waals surface area (Å²) in [5, 5.41) is 13.1. The van der Waals surface area contributed by atoms with E-state index < -0.39 is 29.8 Å².